The van der Waals surface area contributed by atoms with Gasteiger partial charge in [0.05, 0.1) is 11.1 Å². The quantitative estimate of drug-likeness (QED) is 0.718. The molecule has 0 aliphatic rings. The number of halogens is 3. The zero-order valence-electron chi connectivity index (χ0n) is 12.1. The van der Waals surface area contributed by atoms with Crippen LogP contribution >= 0.6 is 27.5 Å². The highest BCUT2D eigenvalue weighted by Crippen LogP contribution is 2.29. The molecule has 112 valence electrons. The lowest BCUT2D eigenvalue weighted by molar-refractivity contribution is 0.590. The minimum absolute atomic E-state index is 0.00912. The Morgan fingerprint density at radius 3 is 2.48 bits per heavy atom. The Morgan fingerprint density at radius 1 is 1.19 bits per heavy atom. The summed E-state index contributed by atoms with van der Waals surface area (Å²) in [5.41, 5.74) is 2.77. The van der Waals surface area contributed by atoms with E-state index < -0.39 is 0 Å². The number of hydrogen-bond donors (Lipinski definition) is 1. The maximum atomic E-state index is 13.5. The van der Waals surface area contributed by atoms with Crippen molar-refractivity contribution in [2.45, 2.75) is 26.3 Å². The monoisotopic (exact) mass is 369 g/mol. The maximum Gasteiger partial charge on any atom is 0.126 e. The third-order valence-electron chi connectivity index (χ3n) is 3.39. The van der Waals surface area contributed by atoms with Gasteiger partial charge in [0.25, 0.3) is 0 Å². The van der Waals surface area contributed by atoms with Crippen LogP contribution in [0.3, 0.4) is 0 Å². The molecule has 1 N–H and O–H groups in total. The van der Waals surface area contributed by atoms with E-state index in [0.29, 0.717) is 10.6 Å². The SMILES string of the molecule is CCCNC(c1ccc(F)c(C)c1)c1ccc(Br)c(Cl)c1. The van der Waals surface area contributed by atoms with E-state index >= 15 is 0 Å². The van der Waals surface area contributed by atoms with E-state index in [4.69, 9.17) is 11.6 Å². The van der Waals surface area contributed by atoms with Crippen molar-refractivity contribution in [3.05, 3.63) is 68.4 Å². The number of hydrogen-bond acceptors (Lipinski definition) is 1. The van der Waals surface area contributed by atoms with Gasteiger partial charge in [-0.15, -0.1) is 0 Å². The molecule has 0 aromatic heterocycles. The number of rotatable bonds is 5. The summed E-state index contributed by atoms with van der Waals surface area (Å²) >= 11 is 9.61. The fourth-order valence-electron chi connectivity index (χ4n) is 2.26. The molecule has 0 saturated heterocycles. The van der Waals surface area contributed by atoms with Crippen LogP contribution in [0.25, 0.3) is 0 Å². The van der Waals surface area contributed by atoms with Gasteiger partial charge in [-0.2, -0.15) is 0 Å². The first-order valence-electron chi connectivity index (χ1n) is 6.97. The van der Waals surface area contributed by atoms with Crippen LogP contribution in [0.2, 0.25) is 5.02 Å². The summed E-state index contributed by atoms with van der Waals surface area (Å²) in [6.07, 6.45) is 1.03. The molecule has 0 bridgehead atoms. The Bertz CT molecular complexity index is 579. The Hall–Kier alpha value is -0.900. The van der Waals surface area contributed by atoms with Crippen molar-refractivity contribution < 1.29 is 4.39 Å². The second-order valence-electron chi connectivity index (χ2n) is 5.07. The van der Waals surface area contributed by atoms with Crippen LogP contribution in [0.4, 0.5) is 4.39 Å². The van der Waals surface area contributed by atoms with Gasteiger partial charge in [0.1, 0.15) is 5.82 Å². The molecule has 0 heterocycles. The molecule has 0 aliphatic carbocycles. The van der Waals surface area contributed by atoms with Crippen LogP contribution in [-0.2, 0) is 0 Å². The van der Waals surface area contributed by atoms with Crippen molar-refractivity contribution in [1.82, 2.24) is 5.32 Å². The first-order valence-corrected chi connectivity index (χ1v) is 8.14. The predicted octanol–water partition coefficient (Wildman–Crippen LogP) is 5.64. The zero-order valence-corrected chi connectivity index (χ0v) is 14.4. The lowest BCUT2D eigenvalue weighted by Crippen LogP contribution is -2.23. The molecule has 0 spiro atoms. The van der Waals surface area contributed by atoms with Gasteiger partial charge in [0.15, 0.2) is 0 Å². The zero-order chi connectivity index (χ0) is 15.4. The molecule has 2 rings (SSSR count). The van der Waals surface area contributed by atoms with Gasteiger partial charge in [-0.3, -0.25) is 0 Å². The lowest BCUT2D eigenvalue weighted by atomic mass is 9.97. The minimum Gasteiger partial charge on any atom is -0.306 e. The molecule has 1 atom stereocenters. The first-order chi connectivity index (χ1) is 10.0. The molecule has 1 unspecified atom stereocenters. The molecule has 2 aromatic carbocycles. The smallest absolute Gasteiger partial charge is 0.126 e. The average molecular weight is 371 g/mol. The lowest BCUT2D eigenvalue weighted by Gasteiger charge is -2.21. The van der Waals surface area contributed by atoms with Gasteiger partial charge in [-0.05, 0) is 70.7 Å². The number of benzene rings is 2. The van der Waals surface area contributed by atoms with Crippen LogP contribution in [0.5, 0.6) is 0 Å². The second-order valence-corrected chi connectivity index (χ2v) is 6.33. The van der Waals surface area contributed by atoms with E-state index in [9.17, 15) is 4.39 Å². The number of nitrogens with one attached hydrogen (secondary N) is 1. The Labute approximate surface area is 138 Å². The first kappa shape index (κ1) is 16.5. The van der Waals surface area contributed by atoms with Crippen LogP contribution in [0.1, 0.15) is 36.1 Å². The molecular formula is C17H18BrClFN. The summed E-state index contributed by atoms with van der Waals surface area (Å²) in [6, 6.07) is 11.2. The fraction of sp³-hybridized carbons (Fsp3) is 0.294. The highest BCUT2D eigenvalue weighted by atomic mass is 79.9. The van der Waals surface area contributed by atoms with E-state index in [1.54, 1.807) is 6.92 Å². The summed E-state index contributed by atoms with van der Waals surface area (Å²) in [5.74, 6) is -0.179. The summed E-state index contributed by atoms with van der Waals surface area (Å²) in [4.78, 5) is 0. The van der Waals surface area contributed by atoms with E-state index in [2.05, 4.69) is 28.2 Å². The average Bonchev–Trinajstić information content (AvgIpc) is 2.46. The van der Waals surface area contributed by atoms with E-state index in [0.717, 1.165) is 28.6 Å². The van der Waals surface area contributed by atoms with Gasteiger partial charge in [0, 0.05) is 4.47 Å². The predicted molar refractivity (Wildman–Crippen MR) is 90.4 cm³/mol. The Kier molecular flexibility index (Phi) is 5.80. The summed E-state index contributed by atoms with van der Waals surface area (Å²) in [7, 11) is 0. The van der Waals surface area contributed by atoms with Crippen LogP contribution in [0.15, 0.2) is 40.9 Å². The van der Waals surface area contributed by atoms with Crippen molar-refractivity contribution in [2.75, 3.05) is 6.54 Å². The molecule has 0 saturated carbocycles. The Morgan fingerprint density at radius 2 is 1.86 bits per heavy atom. The van der Waals surface area contributed by atoms with E-state index in [1.807, 2.05) is 30.3 Å². The van der Waals surface area contributed by atoms with Gasteiger partial charge in [0.2, 0.25) is 0 Å². The van der Waals surface area contributed by atoms with Gasteiger partial charge < -0.3 is 5.32 Å². The highest BCUT2D eigenvalue weighted by molar-refractivity contribution is 9.10. The van der Waals surface area contributed by atoms with Gasteiger partial charge >= 0.3 is 0 Å². The second kappa shape index (κ2) is 7.39. The molecule has 1 nitrogen and oxygen atoms in total. The van der Waals surface area contributed by atoms with Crippen LogP contribution in [0, 0.1) is 12.7 Å². The Balaban J connectivity index is 2.41. The van der Waals surface area contributed by atoms with Crippen molar-refractivity contribution in [3.8, 4) is 0 Å². The summed E-state index contributed by atoms with van der Waals surface area (Å²) in [6.45, 7) is 4.79. The standard InChI is InChI=1S/C17H18BrClFN/c1-3-8-21-17(12-5-7-16(20)11(2)9-12)13-4-6-14(18)15(19)10-13/h4-7,9-10,17,21H,3,8H2,1-2H3. The maximum absolute atomic E-state index is 13.5. The highest BCUT2D eigenvalue weighted by Gasteiger charge is 2.15. The van der Waals surface area contributed by atoms with Crippen molar-refractivity contribution in [2.24, 2.45) is 0 Å². The normalized spacial score (nSPS) is 12.4. The van der Waals surface area contributed by atoms with Crippen molar-refractivity contribution >= 4 is 27.5 Å². The van der Waals surface area contributed by atoms with Gasteiger partial charge in [-0.25, -0.2) is 4.39 Å². The van der Waals surface area contributed by atoms with E-state index in [1.165, 1.54) is 6.07 Å². The summed E-state index contributed by atoms with van der Waals surface area (Å²) < 4.78 is 14.4. The minimum atomic E-state index is -0.179. The van der Waals surface area contributed by atoms with Crippen molar-refractivity contribution in [3.63, 3.8) is 0 Å². The van der Waals surface area contributed by atoms with Crippen LogP contribution in [-0.4, -0.2) is 6.54 Å². The fourth-order valence-corrected chi connectivity index (χ4v) is 2.69. The van der Waals surface area contributed by atoms with Crippen LogP contribution < -0.4 is 5.32 Å². The molecule has 0 radical (unpaired) electrons. The van der Waals surface area contributed by atoms with E-state index in [-0.39, 0.29) is 11.9 Å². The third-order valence-corrected chi connectivity index (χ3v) is 4.62. The molecule has 0 aliphatic heterocycles. The molecule has 0 amide bonds. The topological polar surface area (TPSA) is 12.0 Å². The third kappa shape index (κ3) is 4.06. The number of aryl methyl sites for hydroxylation is 1. The largest absolute Gasteiger partial charge is 0.306 e. The molecule has 4 heteroatoms. The van der Waals surface area contributed by atoms with Gasteiger partial charge in [-0.1, -0.05) is 36.7 Å². The summed E-state index contributed by atoms with van der Waals surface area (Å²) in [5, 5.41) is 4.17. The molecule has 0 fully saturated rings. The molecule has 2 aromatic rings. The molecular weight excluding hydrogens is 353 g/mol. The molecule has 21 heavy (non-hydrogen) atoms. The van der Waals surface area contributed by atoms with Crippen molar-refractivity contribution in [1.29, 1.82) is 0 Å².